The molecule has 0 aliphatic heterocycles. The van der Waals surface area contributed by atoms with E-state index < -0.39 is 0 Å². The summed E-state index contributed by atoms with van der Waals surface area (Å²) < 4.78 is 12.2. The molecule has 5 heteroatoms. The van der Waals surface area contributed by atoms with E-state index in [1.54, 1.807) is 0 Å². The molecule has 0 aliphatic carbocycles. The van der Waals surface area contributed by atoms with Gasteiger partial charge in [0.15, 0.2) is 6.61 Å². The highest BCUT2D eigenvalue weighted by molar-refractivity contribution is 9.10. The lowest BCUT2D eigenvalue weighted by Gasteiger charge is -2.11. The third-order valence-electron chi connectivity index (χ3n) is 4.29. The number of carbonyl (C=O) groups is 1. The molecule has 0 fully saturated rings. The number of benzene rings is 3. The second-order valence-electron chi connectivity index (χ2n) is 6.74. The normalized spacial score (nSPS) is 10.4. The third kappa shape index (κ3) is 6.95. The lowest BCUT2D eigenvalue weighted by Crippen LogP contribution is -2.20. The summed E-state index contributed by atoms with van der Waals surface area (Å²) in [6.07, 6.45) is 1.91. The molecule has 1 amide bonds. The van der Waals surface area contributed by atoms with Gasteiger partial charge >= 0.3 is 0 Å². The molecule has 0 radical (unpaired) electrons. The molecule has 0 aromatic heterocycles. The van der Waals surface area contributed by atoms with E-state index in [0.29, 0.717) is 18.0 Å². The average Bonchev–Trinajstić information content (AvgIpc) is 2.72. The summed E-state index contributed by atoms with van der Waals surface area (Å²) in [5, 5.41) is 2.84. The number of anilines is 1. The fourth-order valence-electron chi connectivity index (χ4n) is 2.84. The van der Waals surface area contributed by atoms with Crippen LogP contribution in [-0.4, -0.2) is 19.1 Å². The van der Waals surface area contributed by atoms with Gasteiger partial charge in [-0.3, -0.25) is 4.79 Å². The van der Waals surface area contributed by atoms with Crippen molar-refractivity contribution in [2.24, 2.45) is 0 Å². The minimum atomic E-state index is -0.223. The van der Waals surface area contributed by atoms with Crippen LogP contribution in [-0.2, 0) is 11.2 Å². The van der Waals surface area contributed by atoms with Crippen molar-refractivity contribution in [2.45, 2.75) is 19.8 Å². The SMILES string of the molecule is Cc1ccc(OCC(=O)Nc2cccc(OCCCc3ccccc3)c2)c(Br)c1. The fraction of sp³-hybridized carbons (Fsp3) is 0.208. The first kappa shape index (κ1) is 20.9. The Balaban J connectivity index is 1.44. The maximum Gasteiger partial charge on any atom is 0.262 e. The Morgan fingerprint density at radius 3 is 2.59 bits per heavy atom. The van der Waals surface area contributed by atoms with Crippen LogP contribution in [0.3, 0.4) is 0 Å². The van der Waals surface area contributed by atoms with E-state index in [1.807, 2.05) is 67.6 Å². The van der Waals surface area contributed by atoms with Crippen LogP contribution in [0.2, 0.25) is 0 Å². The zero-order valence-corrected chi connectivity index (χ0v) is 17.9. The summed E-state index contributed by atoms with van der Waals surface area (Å²) in [6.45, 7) is 2.55. The Morgan fingerprint density at radius 2 is 1.79 bits per heavy atom. The van der Waals surface area contributed by atoms with Gasteiger partial charge in [0.2, 0.25) is 0 Å². The topological polar surface area (TPSA) is 47.6 Å². The van der Waals surface area contributed by atoms with Crippen LogP contribution < -0.4 is 14.8 Å². The molecule has 3 rings (SSSR count). The molecular weight excluding hydrogens is 430 g/mol. The van der Waals surface area contributed by atoms with Crippen molar-refractivity contribution in [3.05, 3.63) is 88.4 Å². The molecule has 4 nitrogen and oxygen atoms in total. The molecule has 0 unspecified atom stereocenters. The standard InChI is InChI=1S/C24H24BrNO3/c1-18-12-13-23(22(25)15-18)29-17-24(27)26-20-10-5-11-21(16-20)28-14-6-9-19-7-3-2-4-8-19/h2-5,7-8,10-13,15-16H,6,9,14,17H2,1H3,(H,26,27). The zero-order valence-electron chi connectivity index (χ0n) is 16.4. The molecule has 0 saturated carbocycles. The van der Waals surface area contributed by atoms with Crippen LogP contribution in [0.5, 0.6) is 11.5 Å². The van der Waals surface area contributed by atoms with Crippen LogP contribution >= 0.6 is 15.9 Å². The van der Waals surface area contributed by atoms with Gasteiger partial charge in [-0.25, -0.2) is 0 Å². The zero-order chi connectivity index (χ0) is 20.5. The first-order valence-electron chi connectivity index (χ1n) is 9.56. The first-order valence-corrected chi connectivity index (χ1v) is 10.3. The van der Waals surface area contributed by atoms with Gasteiger partial charge in [-0.15, -0.1) is 0 Å². The maximum absolute atomic E-state index is 12.2. The highest BCUT2D eigenvalue weighted by Gasteiger charge is 2.07. The summed E-state index contributed by atoms with van der Waals surface area (Å²) in [6, 6.07) is 23.5. The largest absolute Gasteiger partial charge is 0.494 e. The van der Waals surface area contributed by atoms with Crippen LogP contribution in [0, 0.1) is 6.92 Å². The van der Waals surface area contributed by atoms with Crippen LogP contribution in [0.1, 0.15) is 17.5 Å². The van der Waals surface area contributed by atoms with Gasteiger partial charge < -0.3 is 14.8 Å². The highest BCUT2D eigenvalue weighted by Crippen LogP contribution is 2.25. The van der Waals surface area contributed by atoms with Crippen molar-refractivity contribution in [1.82, 2.24) is 0 Å². The number of hydrogen-bond acceptors (Lipinski definition) is 3. The number of nitrogens with one attached hydrogen (secondary N) is 1. The van der Waals surface area contributed by atoms with Gasteiger partial charge in [0, 0.05) is 11.8 Å². The first-order chi connectivity index (χ1) is 14.1. The molecular formula is C24H24BrNO3. The number of ether oxygens (including phenoxy) is 2. The molecule has 0 aliphatic rings. The van der Waals surface area contributed by atoms with Crippen molar-refractivity contribution in [3.63, 3.8) is 0 Å². The number of rotatable bonds is 9. The van der Waals surface area contributed by atoms with E-state index >= 15 is 0 Å². The van der Waals surface area contributed by atoms with Gasteiger partial charge in [-0.2, -0.15) is 0 Å². The minimum Gasteiger partial charge on any atom is -0.494 e. The Hall–Kier alpha value is -2.79. The predicted octanol–water partition coefficient (Wildman–Crippen LogP) is 5.79. The summed E-state index contributed by atoms with van der Waals surface area (Å²) in [5.74, 6) is 1.15. The van der Waals surface area contributed by atoms with Crippen molar-refractivity contribution in [3.8, 4) is 11.5 Å². The quantitative estimate of drug-likeness (QED) is 0.417. The molecule has 0 atom stereocenters. The van der Waals surface area contributed by atoms with Crippen molar-refractivity contribution < 1.29 is 14.3 Å². The molecule has 0 saturated heterocycles. The van der Waals surface area contributed by atoms with Crippen LogP contribution in [0.4, 0.5) is 5.69 Å². The Labute approximate surface area is 180 Å². The Bertz CT molecular complexity index is 944. The smallest absolute Gasteiger partial charge is 0.262 e. The molecule has 0 bridgehead atoms. The Morgan fingerprint density at radius 1 is 0.966 bits per heavy atom. The monoisotopic (exact) mass is 453 g/mol. The molecule has 3 aromatic carbocycles. The fourth-order valence-corrected chi connectivity index (χ4v) is 3.45. The van der Waals surface area contributed by atoms with Gasteiger partial charge in [0.25, 0.3) is 5.91 Å². The van der Waals surface area contributed by atoms with Gasteiger partial charge in [-0.1, -0.05) is 42.5 Å². The molecule has 3 aromatic rings. The summed E-state index contributed by atoms with van der Waals surface area (Å²) >= 11 is 3.45. The van der Waals surface area contributed by atoms with Crippen LogP contribution in [0.25, 0.3) is 0 Å². The third-order valence-corrected chi connectivity index (χ3v) is 4.90. The lowest BCUT2D eigenvalue weighted by molar-refractivity contribution is -0.118. The van der Waals surface area contributed by atoms with E-state index in [2.05, 4.69) is 33.4 Å². The van der Waals surface area contributed by atoms with Gasteiger partial charge in [0.05, 0.1) is 11.1 Å². The molecule has 29 heavy (non-hydrogen) atoms. The van der Waals surface area contributed by atoms with Crippen molar-refractivity contribution in [2.75, 3.05) is 18.5 Å². The van der Waals surface area contributed by atoms with Crippen molar-refractivity contribution >= 4 is 27.5 Å². The molecule has 0 heterocycles. The van der Waals surface area contributed by atoms with Gasteiger partial charge in [0.1, 0.15) is 11.5 Å². The van der Waals surface area contributed by atoms with Crippen molar-refractivity contribution in [1.29, 1.82) is 0 Å². The second-order valence-corrected chi connectivity index (χ2v) is 7.59. The average molecular weight is 454 g/mol. The number of halogens is 1. The summed E-state index contributed by atoms with van der Waals surface area (Å²) in [7, 11) is 0. The lowest BCUT2D eigenvalue weighted by atomic mass is 10.1. The molecule has 0 spiro atoms. The Kier molecular flexibility index (Phi) is 7.70. The molecule has 150 valence electrons. The minimum absolute atomic E-state index is 0.0657. The van der Waals surface area contributed by atoms with Crippen LogP contribution in [0.15, 0.2) is 77.3 Å². The van der Waals surface area contributed by atoms with E-state index in [-0.39, 0.29) is 12.5 Å². The van der Waals surface area contributed by atoms with E-state index in [0.717, 1.165) is 28.6 Å². The highest BCUT2D eigenvalue weighted by atomic mass is 79.9. The second kappa shape index (κ2) is 10.7. The molecule has 1 N–H and O–H groups in total. The van der Waals surface area contributed by atoms with E-state index in [9.17, 15) is 4.79 Å². The van der Waals surface area contributed by atoms with Gasteiger partial charge in [-0.05, 0) is 71.1 Å². The maximum atomic E-state index is 12.2. The summed E-state index contributed by atoms with van der Waals surface area (Å²) in [5.41, 5.74) is 3.11. The van der Waals surface area contributed by atoms with E-state index in [4.69, 9.17) is 9.47 Å². The van der Waals surface area contributed by atoms with E-state index in [1.165, 1.54) is 5.56 Å². The number of carbonyl (C=O) groups excluding carboxylic acids is 1. The predicted molar refractivity (Wildman–Crippen MR) is 120 cm³/mol. The number of hydrogen-bond donors (Lipinski definition) is 1. The summed E-state index contributed by atoms with van der Waals surface area (Å²) in [4.78, 5) is 12.2. The number of aryl methyl sites for hydroxylation is 2. The number of amides is 1.